The van der Waals surface area contributed by atoms with Gasteiger partial charge in [-0.15, -0.1) is 0 Å². The van der Waals surface area contributed by atoms with Crippen LogP contribution in [0.15, 0.2) is 89.3 Å². The van der Waals surface area contributed by atoms with Crippen molar-refractivity contribution in [2.45, 2.75) is 0 Å². The van der Waals surface area contributed by atoms with Crippen molar-refractivity contribution in [2.24, 2.45) is 0 Å². The summed E-state index contributed by atoms with van der Waals surface area (Å²) in [5, 5.41) is 90.7. The molecule has 0 fully saturated rings. The maximum absolute atomic E-state index is 11.4. The summed E-state index contributed by atoms with van der Waals surface area (Å²) in [6, 6.07) is 24.9. The molecule has 9 heteroatoms. The molecule has 7 aromatic carbocycles. The molecule has 8 aromatic rings. The van der Waals surface area contributed by atoms with Gasteiger partial charge >= 0.3 is 0 Å². The SMILES string of the molecule is Oc1c(O)c(O)c2c(-c3ccc4oc5cc6ccccc6cc5c4c3)c3c(O)c(O)c(O)c(O)c3c(-c3ccccc3)c2c1O. The number of furan rings is 1. The van der Waals surface area contributed by atoms with Crippen LogP contribution < -0.4 is 0 Å². The maximum Gasteiger partial charge on any atom is 0.204 e. The highest BCUT2D eigenvalue weighted by atomic mass is 16.4. The molecule has 1 aromatic heterocycles. The molecule has 0 unspecified atom stereocenters. The van der Waals surface area contributed by atoms with Crippen molar-refractivity contribution < 1.29 is 45.3 Å². The molecule has 45 heavy (non-hydrogen) atoms. The smallest absolute Gasteiger partial charge is 0.204 e. The predicted molar refractivity (Wildman–Crippen MR) is 170 cm³/mol. The van der Waals surface area contributed by atoms with Crippen molar-refractivity contribution in [1.29, 1.82) is 0 Å². The van der Waals surface area contributed by atoms with E-state index in [0.717, 1.165) is 16.2 Å². The molecule has 0 aliphatic heterocycles. The molecular formula is C36H22O9. The van der Waals surface area contributed by atoms with Crippen molar-refractivity contribution in [2.75, 3.05) is 0 Å². The highest BCUT2D eigenvalue weighted by molar-refractivity contribution is 6.29. The van der Waals surface area contributed by atoms with Gasteiger partial charge in [0.15, 0.2) is 23.0 Å². The van der Waals surface area contributed by atoms with Crippen molar-refractivity contribution in [3.8, 4) is 68.2 Å². The van der Waals surface area contributed by atoms with Gasteiger partial charge in [0.25, 0.3) is 0 Å². The summed E-state index contributed by atoms with van der Waals surface area (Å²) in [7, 11) is 0. The lowest BCUT2D eigenvalue weighted by Gasteiger charge is -2.22. The number of benzene rings is 7. The van der Waals surface area contributed by atoms with Crippen LogP contribution in [0.25, 0.3) is 76.5 Å². The number of rotatable bonds is 2. The Morgan fingerprint density at radius 3 is 1.33 bits per heavy atom. The topological polar surface area (TPSA) is 175 Å². The minimum absolute atomic E-state index is 0.00291. The van der Waals surface area contributed by atoms with Crippen LogP contribution in [0.2, 0.25) is 0 Å². The fourth-order valence-corrected chi connectivity index (χ4v) is 6.42. The van der Waals surface area contributed by atoms with E-state index >= 15 is 0 Å². The van der Waals surface area contributed by atoms with Gasteiger partial charge in [-0.1, -0.05) is 60.7 Å². The van der Waals surface area contributed by atoms with Crippen LogP contribution in [-0.4, -0.2) is 40.9 Å². The minimum atomic E-state index is -1.02. The maximum atomic E-state index is 11.4. The average Bonchev–Trinajstić information content (AvgIpc) is 3.42. The monoisotopic (exact) mass is 598 g/mol. The molecule has 0 aliphatic rings. The summed E-state index contributed by atoms with van der Waals surface area (Å²) in [6.07, 6.45) is 0. The van der Waals surface area contributed by atoms with Crippen LogP contribution in [0, 0.1) is 0 Å². The first-order valence-electron chi connectivity index (χ1n) is 13.8. The third-order valence-electron chi connectivity index (χ3n) is 8.48. The predicted octanol–water partition coefficient (Wildman–Crippen LogP) is 8.02. The summed E-state index contributed by atoms with van der Waals surface area (Å²) in [5.41, 5.74) is 1.77. The van der Waals surface area contributed by atoms with E-state index in [9.17, 15) is 40.9 Å². The Kier molecular flexibility index (Phi) is 5.24. The minimum Gasteiger partial charge on any atom is -0.504 e. The van der Waals surface area contributed by atoms with Gasteiger partial charge in [0.1, 0.15) is 11.2 Å². The molecule has 9 nitrogen and oxygen atoms in total. The zero-order valence-electron chi connectivity index (χ0n) is 23.1. The quantitative estimate of drug-likeness (QED) is 0.0556. The first-order valence-corrected chi connectivity index (χ1v) is 13.8. The van der Waals surface area contributed by atoms with E-state index in [1.54, 1.807) is 48.5 Å². The second kappa shape index (κ2) is 9.01. The van der Waals surface area contributed by atoms with Gasteiger partial charge in [-0.05, 0) is 46.2 Å². The lowest BCUT2D eigenvalue weighted by Crippen LogP contribution is -1.94. The Hall–Kier alpha value is -6.48. The van der Waals surface area contributed by atoms with Gasteiger partial charge in [0.05, 0.1) is 0 Å². The zero-order chi connectivity index (χ0) is 31.3. The van der Waals surface area contributed by atoms with E-state index in [4.69, 9.17) is 4.42 Å². The molecule has 0 spiro atoms. The van der Waals surface area contributed by atoms with Gasteiger partial charge < -0.3 is 45.3 Å². The molecule has 0 saturated heterocycles. The second-order valence-corrected chi connectivity index (χ2v) is 10.9. The molecule has 0 bridgehead atoms. The summed E-state index contributed by atoms with van der Waals surface area (Å²) in [4.78, 5) is 0. The highest BCUT2D eigenvalue weighted by Gasteiger charge is 2.32. The molecule has 8 rings (SSSR count). The second-order valence-electron chi connectivity index (χ2n) is 10.9. The number of hydrogen-bond acceptors (Lipinski definition) is 9. The van der Waals surface area contributed by atoms with Crippen molar-refractivity contribution >= 4 is 54.3 Å². The fraction of sp³-hybridized carbons (Fsp3) is 0. The van der Waals surface area contributed by atoms with Gasteiger partial charge in [-0.25, -0.2) is 0 Å². The Balaban J connectivity index is 1.63. The standard InChI is InChI=1S/C36H22O9/c37-29-25-23(15-6-2-1-3-7-15)26-28(32(40)36(44)34(42)30(26)38)24(27(25)31(39)35(43)33(29)41)18-10-11-21-19(13-18)20-12-16-8-4-5-9-17(16)14-22(20)45-21/h1-14,37-44H. The normalized spacial score (nSPS) is 11.8. The number of fused-ring (bicyclic) bond motifs is 6. The van der Waals surface area contributed by atoms with Crippen LogP contribution in [0.3, 0.4) is 0 Å². The summed E-state index contributed by atoms with van der Waals surface area (Å²) in [5.74, 6) is -7.38. The number of hydrogen-bond donors (Lipinski definition) is 8. The van der Waals surface area contributed by atoms with E-state index in [2.05, 4.69) is 0 Å². The first kappa shape index (κ1) is 26.2. The van der Waals surface area contributed by atoms with E-state index in [0.29, 0.717) is 27.7 Å². The molecule has 1 heterocycles. The number of phenols is 8. The van der Waals surface area contributed by atoms with Crippen LogP contribution in [-0.2, 0) is 0 Å². The average molecular weight is 599 g/mol. The van der Waals surface area contributed by atoms with E-state index in [1.807, 2.05) is 36.4 Å². The van der Waals surface area contributed by atoms with Gasteiger partial charge in [0, 0.05) is 43.4 Å². The van der Waals surface area contributed by atoms with Crippen LogP contribution in [0.5, 0.6) is 46.0 Å². The highest BCUT2D eigenvalue weighted by Crippen LogP contribution is 2.61. The Morgan fingerprint density at radius 1 is 0.356 bits per heavy atom. The van der Waals surface area contributed by atoms with E-state index < -0.39 is 46.0 Å². The van der Waals surface area contributed by atoms with Crippen molar-refractivity contribution in [3.05, 3.63) is 84.9 Å². The third kappa shape index (κ3) is 3.43. The molecule has 0 aliphatic carbocycles. The lowest BCUT2D eigenvalue weighted by atomic mass is 9.83. The lowest BCUT2D eigenvalue weighted by molar-refractivity contribution is 0.350. The third-order valence-corrected chi connectivity index (χ3v) is 8.48. The van der Waals surface area contributed by atoms with E-state index in [1.165, 1.54) is 0 Å². The Morgan fingerprint density at radius 2 is 0.800 bits per heavy atom. The molecule has 0 radical (unpaired) electrons. The fourth-order valence-electron chi connectivity index (χ4n) is 6.42. The summed E-state index contributed by atoms with van der Waals surface area (Å²) >= 11 is 0. The Labute approximate surface area is 252 Å². The van der Waals surface area contributed by atoms with Gasteiger partial charge in [0.2, 0.25) is 23.0 Å². The molecule has 220 valence electrons. The van der Waals surface area contributed by atoms with Crippen molar-refractivity contribution in [1.82, 2.24) is 0 Å². The van der Waals surface area contributed by atoms with Gasteiger partial charge in [-0.2, -0.15) is 0 Å². The van der Waals surface area contributed by atoms with Gasteiger partial charge in [-0.3, -0.25) is 0 Å². The Bertz CT molecular complexity index is 2490. The zero-order valence-corrected chi connectivity index (χ0v) is 23.1. The van der Waals surface area contributed by atoms with E-state index in [-0.39, 0.29) is 32.7 Å². The number of aromatic hydroxyl groups is 8. The van der Waals surface area contributed by atoms with Crippen LogP contribution >= 0.6 is 0 Å². The summed E-state index contributed by atoms with van der Waals surface area (Å²) in [6.45, 7) is 0. The summed E-state index contributed by atoms with van der Waals surface area (Å²) < 4.78 is 6.13. The molecule has 0 atom stereocenters. The molecule has 0 amide bonds. The number of phenolic OH excluding ortho intramolecular Hbond substituents is 8. The van der Waals surface area contributed by atoms with Crippen LogP contribution in [0.4, 0.5) is 0 Å². The molecule has 8 N–H and O–H groups in total. The van der Waals surface area contributed by atoms with Crippen molar-refractivity contribution in [3.63, 3.8) is 0 Å². The van der Waals surface area contributed by atoms with Crippen LogP contribution in [0.1, 0.15) is 0 Å². The largest absolute Gasteiger partial charge is 0.504 e. The molecule has 0 saturated carbocycles. The molecular weight excluding hydrogens is 576 g/mol. The first-order chi connectivity index (χ1) is 21.7.